The Labute approximate surface area is 199 Å². The number of ether oxygens (including phenoxy) is 1. The minimum atomic E-state index is -1.26. The van der Waals surface area contributed by atoms with Gasteiger partial charge in [-0.15, -0.1) is 0 Å². The molecule has 2 amide bonds. The summed E-state index contributed by atoms with van der Waals surface area (Å²) >= 11 is 0. The first-order valence-corrected chi connectivity index (χ1v) is 11.8. The molecule has 2 atom stereocenters. The van der Waals surface area contributed by atoms with E-state index in [1.54, 1.807) is 20.8 Å². The van der Waals surface area contributed by atoms with Crippen LogP contribution in [0.3, 0.4) is 0 Å². The van der Waals surface area contributed by atoms with E-state index in [0.29, 0.717) is 12.8 Å². The number of carboxylic acids is 1. The summed E-state index contributed by atoms with van der Waals surface area (Å²) in [7, 11) is 0. The van der Waals surface area contributed by atoms with Crippen LogP contribution in [0.2, 0.25) is 0 Å². The van der Waals surface area contributed by atoms with Gasteiger partial charge in [-0.05, 0) is 55.9 Å². The van der Waals surface area contributed by atoms with Crippen LogP contribution in [0.5, 0.6) is 0 Å². The molecule has 2 aromatic rings. The Hall–Kier alpha value is -3.35. The van der Waals surface area contributed by atoms with Crippen molar-refractivity contribution < 1.29 is 24.2 Å². The van der Waals surface area contributed by atoms with Gasteiger partial charge in [0.25, 0.3) is 0 Å². The third-order valence-corrected chi connectivity index (χ3v) is 7.33. The van der Waals surface area contributed by atoms with Gasteiger partial charge in [-0.25, -0.2) is 4.79 Å². The van der Waals surface area contributed by atoms with Crippen molar-refractivity contribution in [2.75, 3.05) is 6.61 Å². The molecule has 1 saturated carbocycles. The van der Waals surface area contributed by atoms with Gasteiger partial charge in [-0.1, -0.05) is 61.4 Å². The number of carboxylic acid groups (broad SMARTS) is 1. The highest BCUT2D eigenvalue weighted by Crippen LogP contribution is 2.44. The first-order chi connectivity index (χ1) is 16.1. The van der Waals surface area contributed by atoms with Gasteiger partial charge in [0.1, 0.15) is 12.1 Å². The largest absolute Gasteiger partial charge is 0.481 e. The molecule has 0 saturated heterocycles. The number of carbonyl (C=O) groups is 3. The number of alkyl carbamates (subject to hydrolysis) is 1. The van der Waals surface area contributed by atoms with Crippen LogP contribution in [-0.2, 0) is 14.3 Å². The number of carbonyl (C=O) groups excluding carboxylic acids is 2. The molecule has 4 rings (SSSR count). The van der Waals surface area contributed by atoms with Gasteiger partial charge in [-0.3, -0.25) is 9.59 Å². The fourth-order valence-corrected chi connectivity index (χ4v) is 5.11. The lowest BCUT2D eigenvalue weighted by Gasteiger charge is -2.39. The summed E-state index contributed by atoms with van der Waals surface area (Å²) < 4.78 is 5.57. The van der Waals surface area contributed by atoms with E-state index < -0.39 is 35.0 Å². The highest BCUT2D eigenvalue weighted by molar-refractivity contribution is 5.90. The number of hydrogen-bond acceptors (Lipinski definition) is 4. The third-order valence-electron chi connectivity index (χ3n) is 7.33. The molecule has 0 aliphatic heterocycles. The summed E-state index contributed by atoms with van der Waals surface area (Å²) in [5, 5.41) is 15.2. The van der Waals surface area contributed by atoms with Gasteiger partial charge in [0.05, 0.1) is 5.41 Å². The molecule has 2 unspecified atom stereocenters. The van der Waals surface area contributed by atoms with Crippen molar-refractivity contribution in [3.63, 3.8) is 0 Å². The standard InChI is InChI=1S/C27H32N2O5/c1-26(2,23(30)28-22-14-8-9-15-27(22,3)24(31)32)29-25(33)34-16-21-19-12-6-4-10-17(19)18-11-5-7-13-20(18)21/h4-7,10-13,21-22H,8-9,14-16H2,1-3H3,(H,28,30)(H,29,33)(H,31,32). The first kappa shape index (κ1) is 23.8. The molecule has 2 aliphatic rings. The Morgan fingerprint density at radius 2 is 1.62 bits per heavy atom. The fraction of sp³-hybridized carbons (Fsp3) is 0.444. The Kier molecular flexibility index (Phi) is 6.39. The van der Waals surface area contributed by atoms with E-state index in [0.717, 1.165) is 35.1 Å². The van der Waals surface area contributed by atoms with E-state index in [2.05, 4.69) is 22.8 Å². The SMILES string of the molecule is CC(C)(NC(=O)OCC1c2ccccc2-c2ccccc21)C(=O)NC1CCCCC1(C)C(=O)O. The molecular formula is C27H32N2O5. The summed E-state index contributed by atoms with van der Waals surface area (Å²) in [6, 6.07) is 15.7. The number of fused-ring (bicyclic) bond motifs is 3. The van der Waals surface area contributed by atoms with Crippen LogP contribution in [0, 0.1) is 5.41 Å². The van der Waals surface area contributed by atoms with E-state index in [4.69, 9.17) is 4.74 Å². The molecule has 180 valence electrons. The van der Waals surface area contributed by atoms with E-state index >= 15 is 0 Å². The van der Waals surface area contributed by atoms with Crippen LogP contribution >= 0.6 is 0 Å². The second kappa shape index (κ2) is 9.12. The lowest BCUT2D eigenvalue weighted by Crippen LogP contribution is -2.60. The van der Waals surface area contributed by atoms with E-state index in [-0.39, 0.29) is 12.5 Å². The molecule has 34 heavy (non-hydrogen) atoms. The molecule has 1 fully saturated rings. The number of nitrogens with one attached hydrogen (secondary N) is 2. The highest BCUT2D eigenvalue weighted by atomic mass is 16.5. The van der Waals surface area contributed by atoms with Crippen LogP contribution in [-0.4, -0.2) is 41.3 Å². The monoisotopic (exact) mass is 464 g/mol. The molecule has 0 heterocycles. The maximum Gasteiger partial charge on any atom is 0.408 e. The van der Waals surface area contributed by atoms with E-state index in [1.165, 1.54) is 0 Å². The van der Waals surface area contributed by atoms with Gasteiger partial charge in [-0.2, -0.15) is 0 Å². The Balaban J connectivity index is 1.39. The third kappa shape index (κ3) is 4.39. The maximum absolute atomic E-state index is 13.0. The number of amides is 2. The molecule has 3 N–H and O–H groups in total. The van der Waals surface area contributed by atoms with Crippen LogP contribution in [0.25, 0.3) is 11.1 Å². The zero-order chi connectivity index (χ0) is 24.5. The molecule has 0 aromatic heterocycles. The number of benzene rings is 2. The molecule has 0 radical (unpaired) electrons. The van der Waals surface area contributed by atoms with Crippen molar-refractivity contribution in [2.45, 2.75) is 64.0 Å². The van der Waals surface area contributed by atoms with Crippen molar-refractivity contribution in [1.29, 1.82) is 0 Å². The second-order valence-electron chi connectivity index (χ2n) is 10.1. The second-order valence-corrected chi connectivity index (χ2v) is 10.1. The van der Waals surface area contributed by atoms with Crippen molar-refractivity contribution in [3.05, 3.63) is 59.7 Å². The summed E-state index contributed by atoms with van der Waals surface area (Å²) in [4.78, 5) is 37.5. The molecule has 0 bridgehead atoms. The van der Waals surface area contributed by atoms with Crippen LogP contribution < -0.4 is 10.6 Å². The molecular weight excluding hydrogens is 432 g/mol. The van der Waals surface area contributed by atoms with E-state index in [1.807, 2.05) is 36.4 Å². The predicted molar refractivity (Wildman–Crippen MR) is 128 cm³/mol. The summed E-state index contributed by atoms with van der Waals surface area (Å²) in [6.45, 7) is 5.00. The van der Waals surface area contributed by atoms with Crippen molar-refractivity contribution in [1.82, 2.24) is 10.6 Å². The van der Waals surface area contributed by atoms with Crippen molar-refractivity contribution in [3.8, 4) is 11.1 Å². The average molecular weight is 465 g/mol. The van der Waals surface area contributed by atoms with Crippen molar-refractivity contribution in [2.24, 2.45) is 5.41 Å². The normalized spacial score (nSPS) is 21.8. The first-order valence-electron chi connectivity index (χ1n) is 11.8. The molecule has 7 heteroatoms. The molecule has 7 nitrogen and oxygen atoms in total. The zero-order valence-electron chi connectivity index (χ0n) is 19.9. The Bertz CT molecular complexity index is 1070. The summed E-state index contributed by atoms with van der Waals surface area (Å²) in [5.74, 6) is -1.42. The Morgan fingerprint density at radius 1 is 1.03 bits per heavy atom. The van der Waals surface area contributed by atoms with Crippen molar-refractivity contribution >= 4 is 18.0 Å². The molecule has 2 aromatic carbocycles. The van der Waals surface area contributed by atoms with Crippen LogP contribution in [0.1, 0.15) is 63.5 Å². The zero-order valence-corrected chi connectivity index (χ0v) is 19.9. The predicted octanol–water partition coefficient (Wildman–Crippen LogP) is 4.45. The molecule has 2 aliphatic carbocycles. The quantitative estimate of drug-likeness (QED) is 0.586. The van der Waals surface area contributed by atoms with Gasteiger partial charge in [0, 0.05) is 12.0 Å². The lowest BCUT2D eigenvalue weighted by molar-refractivity contribution is -0.152. The minimum absolute atomic E-state index is 0.0754. The maximum atomic E-state index is 13.0. The van der Waals surface area contributed by atoms with E-state index in [9.17, 15) is 19.5 Å². The van der Waals surface area contributed by atoms with Gasteiger partial charge in [0.15, 0.2) is 0 Å². The highest BCUT2D eigenvalue weighted by Gasteiger charge is 2.45. The fourth-order valence-electron chi connectivity index (χ4n) is 5.11. The Morgan fingerprint density at radius 3 is 2.21 bits per heavy atom. The number of aliphatic carboxylic acids is 1. The van der Waals surface area contributed by atoms with Gasteiger partial charge < -0.3 is 20.5 Å². The molecule has 0 spiro atoms. The average Bonchev–Trinajstić information content (AvgIpc) is 3.12. The lowest BCUT2D eigenvalue weighted by atomic mass is 9.71. The van der Waals surface area contributed by atoms with Crippen LogP contribution in [0.15, 0.2) is 48.5 Å². The number of hydrogen-bond donors (Lipinski definition) is 3. The van der Waals surface area contributed by atoms with Gasteiger partial charge >= 0.3 is 12.1 Å². The summed E-state index contributed by atoms with van der Waals surface area (Å²) in [5.41, 5.74) is 2.21. The van der Waals surface area contributed by atoms with Gasteiger partial charge in [0.2, 0.25) is 5.91 Å². The topological polar surface area (TPSA) is 105 Å². The summed E-state index contributed by atoms with van der Waals surface area (Å²) in [6.07, 6.45) is 2.08. The number of rotatable bonds is 6. The smallest absolute Gasteiger partial charge is 0.408 e. The minimum Gasteiger partial charge on any atom is -0.481 e. The van der Waals surface area contributed by atoms with Crippen LogP contribution in [0.4, 0.5) is 4.79 Å².